The van der Waals surface area contributed by atoms with E-state index in [-0.39, 0.29) is 4.91 Å². The second-order valence-corrected chi connectivity index (χ2v) is 3.72. The Balaban J connectivity index is 4.43. The van der Waals surface area contributed by atoms with Crippen molar-refractivity contribution in [3.8, 4) is 0 Å². The quantitative estimate of drug-likeness (QED) is 0.507. The molecule has 0 fully saturated rings. The molecule has 0 aliphatic heterocycles. The van der Waals surface area contributed by atoms with Gasteiger partial charge in [0.25, 0.3) is 0 Å². The number of rotatable bonds is 1. The normalized spacial score (nSPS) is 11.1. The molecule has 0 aromatic carbocycles. The number of hydrogen-bond donors (Lipinski definition) is 0. The maximum absolute atomic E-state index is 10.2. The van der Waals surface area contributed by atoms with Gasteiger partial charge in [-0.25, -0.2) is 8.42 Å². The summed E-state index contributed by atoms with van der Waals surface area (Å²) in [6.07, 6.45) is 1.13. The molecule has 0 amide bonds. The van der Waals surface area contributed by atoms with E-state index in [4.69, 9.17) is 0 Å². The summed E-state index contributed by atoms with van der Waals surface area (Å²) in [7, 11) is -2.94. The SMILES string of the molecule is C=C(C)S(C)(=O)=O. The van der Waals surface area contributed by atoms with Crippen LogP contribution in [0.1, 0.15) is 6.92 Å². The van der Waals surface area contributed by atoms with Crippen molar-refractivity contribution in [2.75, 3.05) is 6.26 Å². The second-order valence-electron chi connectivity index (χ2n) is 1.47. The maximum Gasteiger partial charge on any atom is 0.170 e. The van der Waals surface area contributed by atoms with Gasteiger partial charge >= 0.3 is 0 Å². The third-order valence-electron chi connectivity index (χ3n) is 0.633. The van der Waals surface area contributed by atoms with E-state index in [0.29, 0.717) is 0 Å². The van der Waals surface area contributed by atoms with Crippen LogP contribution in [0, 0.1) is 0 Å². The maximum atomic E-state index is 10.2. The predicted octanol–water partition coefficient (Wildman–Crippen LogP) is 0.565. The van der Waals surface area contributed by atoms with Gasteiger partial charge < -0.3 is 0 Å². The van der Waals surface area contributed by atoms with Crippen LogP contribution in [0.15, 0.2) is 11.5 Å². The first-order valence-electron chi connectivity index (χ1n) is 1.80. The fourth-order valence-corrected chi connectivity index (χ4v) is 0. The third-order valence-corrected chi connectivity index (χ3v) is 1.90. The first kappa shape index (κ1) is 6.69. The van der Waals surface area contributed by atoms with Crippen LogP contribution in [-0.2, 0) is 9.84 Å². The minimum Gasteiger partial charge on any atom is -0.224 e. The van der Waals surface area contributed by atoms with E-state index in [0.717, 1.165) is 6.26 Å². The molecule has 0 N–H and O–H groups in total. The summed E-state index contributed by atoms with van der Waals surface area (Å²) in [6.45, 7) is 4.71. The summed E-state index contributed by atoms with van der Waals surface area (Å²) >= 11 is 0. The van der Waals surface area contributed by atoms with Crippen molar-refractivity contribution in [2.45, 2.75) is 6.92 Å². The van der Waals surface area contributed by atoms with Gasteiger partial charge in [-0.3, -0.25) is 0 Å². The lowest BCUT2D eigenvalue weighted by atomic mass is 10.8. The van der Waals surface area contributed by atoms with Crippen molar-refractivity contribution in [1.82, 2.24) is 0 Å². The summed E-state index contributed by atoms with van der Waals surface area (Å²) in [4.78, 5) is 0.215. The first-order chi connectivity index (χ1) is 2.94. The van der Waals surface area contributed by atoms with Crippen molar-refractivity contribution in [3.05, 3.63) is 11.5 Å². The summed E-state index contributed by atoms with van der Waals surface area (Å²) in [5.74, 6) is 0. The third kappa shape index (κ3) is 2.39. The van der Waals surface area contributed by atoms with E-state index >= 15 is 0 Å². The smallest absolute Gasteiger partial charge is 0.170 e. The molecular weight excluding hydrogens is 112 g/mol. The van der Waals surface area contributed by atoms with E-state index in [2.05, 4.69) is 6.58 Å². The Labute approximate surface area is 43.8 Å². The van der Waals surface area contributed by atoms with Gasteiger partial charge in [-0.05, 0) is 6.92 Å². The Morgan fingerprint density at radius 2 is 1.71 bits per heavy atom. The molecule has 3 heteroatoms. The lowest BCUT2D eigenvalue weighted by Crippen LogP contribution is -1.93. The van der Waals surface area contributed by atoms with Crippen molar-refractivity contribution in [1.29, 1.82) is 0 Å². The average molecular weight is 120 g/mol. The zero-order valence-corrected chi connectivity index (χ0v) is 5.25. The molecule has 0 aliphatic carbocycles. The standard InChI is InChI=1S/C4H8O2S/c1-4(2)7(3,5)6/h1H2,2-3H3. The highest BCUT2D eigenvalue weighted by molar-refractivity contribution is 7.94. The van der Waals surface area contributed by atoms with Gasteiger partial charge in [-0.2, -0.15) is 0 Å². The van der Waals surface area contributed by atoms with Gasteiger partial charge in [-0.15, -0.1) is 0 Å². The largest absolute Gasteiger partial charge is 0.224 e. The molecule has 0 spiro atoms. The van der Waals surface area contributed by atoms with E-state index in [1.807, 2.05) is 0 Å². The van der Waals surface area contributed by atoms with Gasteiger partial charge in [0.2, 0.25) is 0 Å². The molecule has 2 nitrogen and oxygen atoms in total. The van der Waals surface area contributed by atoms with E-state index in [1.165, 1.54) is 6.92 Å². The van der Waals surface area contributed by atoms with Crippen LogP contribution in [0.2, 0.25) is 0 Å². The van der Waals surface area contributed by atoms with E-state index in [9.17, 15) is 8.42 Å². The Hall–Kier alpha value is -0.310. The molecule has 0 saturated carbocycles. The van der Waals surface area contributed by atoms with Crippen LogP contribution in [0.25, 0.3) is 0 Å². The molecule has 0 unspecified atom stereocenters. The number of hydrogen-bond acceptors (Lipinski definition) is 2. The molecule has 0 saturated heterocycles. The molecule has 42 valence electrons. The highest BCUT2D eigenvalue weighted by Gasteiger charge is 1.98. The average Bonchev–Trinajstić information content (AvgIpc) is 1.31. The fraction of sp³-hybridized carbons (Fsp3) is 0.500. The molecule has 0 aromatic rings. The van der Waals surface area contributed by atoms with Crippen LogP contribution >= 0.6 is 0 Å². The summed E-state index contributed by atoms with van der Waals surface area (Å²) in [5, 5.41) is 0. The van der Waals surface area contributed by atoms with Crippen LogP contribution in [0.5, 0.6) is 0 Å². The van der Waals surface area contributed by atoms with Gasteiger partial charge in [0.1, 0.15) is 0 Å². The second kappa shape index (κ2) is 1.66. The molecular formula is C4H8O2S. The summed E-state index contributed by atoms with van der Waals surface area (Å²) in [6, 6.07) is 0. The molecule has 7 heavy (non-hydrogen) atoms. The van der Waals surface area contributed by atoms with Gasteiger partial charge in [0, 0.05) is 11.2 Å². The Morgan fingerprint density at radius 1 is 1.57 bits per heavy atom. The van der Waals surface area contributed by atoms with E-state index in [1.54, 1.807) is 0 Å². The zero-order valence-electron chi connectivity index (χ0n) is 4.43. The highest BCUT2D eigenvalue weighted by Crippen LogP contribution is 1.95. The molecule has 0 aromatic heterocycles. The van der Waals surface area contributed by atoms with Crippen molar-refractivity contribution < 1.29 is 8.42 Å². The van der Waals surface area contributed by atoms with E-state index < -0.39 is 9.84 Å². The van der Waals surface area contributed by atoms with Gasteiger partial charge in [0.15, 0.2) is 9.84 Å². The summed E-state index contributed by atoms with van der Waals surface area (Å²) in [5.41, 5.74) is 0. The minimum absolute atomic E-state index is 0.215. The van der Waals surface area contributed by atoms with Crippen LogP contribution in [-0.4, -0.2) is 14.7 Å². The van der Waals surface area contributed by atoms with Gasteiger partial charge in [0.05, 0.1) is 0 Å². The Kier molecular flexibility index (Phi) is 1.58. The number of sulfone groups is 1. The molecule has 0 heterocycles. The molecule has 0 rings (SSSR count). The molecule has 0 aliphatic rings. The topological polar surface area (TPSA) is 34.1 Å². The molecule has 0 radical (unpaired) electrons. The van der Waals surface area contributed by atoms with Crippen LogP contribution in [0.3, 0.4) is 0 Å². The molecule has 0 bridgehead atoms. The van der Waals surface area contributed by atoms with Crippen molar-refractivity contribution >= 4 is 9.84 Å². The number of allylic oxidation sites excluding steroid dienone is 1. The first-order valence-corrected chi connectivity index (χ1v) is 3.69. The summed E-state index contributed by atoms with van der Waals surface area (Å²) < 4.78 is 20.5. The highest BCUT2D eigenvalue weighted by atomic mass is 32.2. The zero-order chi connectivity index (χ0) is 6.08. The predicted molar refractivity (Wildman–Crippen MR) is 29.7 cm³/mol. The van der Waals surface area contributed by atoms with Crippen molar-refractivity contribution in [2.24, 2.45) is 0 Å². The fourth-order valence-electron chi connectivity index (χ4n) is 0. The Morgan fingerprint density at radius 3 is 1.71 bits per heavy atom. The minimum atomic E-state index is -2.94. The monoisotopic (exact) mass is 120 g/mol. The van der Waals surface area contributed by atoms with Gasteiger partial charge in [-0.1, -0.05) is 6.58 Å². The van der Waals surface area contributed by atoms with Crippen LogP contribution in [0.4, 0.5) is 0 Å². The van der Waals surface area contributed by atoms with Crippen molar-refractivity contribution in [3.63, 3.8) is 0 Å². The lowest BCUT2D eigenvalue weighted by Gasteiger charge is -1.87. The van der Waals surface area contributed by atoms with Crippen LogP contribution < -0.4 is 0 Å². The molecule has 0 atom stereocenters. The Bertz CT molecular complexity index is 164. The lowest BCUT2D eigenvalue weighted by molar-refractivity contribution is 0.607.